The molecule has 4 nitrogen and oxygen atoms in total. The Morgan fingerprint density at radius 1 is 1.00 bits per heavy atom. The number of halogens is 1. The second-order valence-electron chi connectivity index (χ2n) is 6.29. The van der Waals surface area contributed by atoms with Crippen LogP contribution in [0, 0.1) is 0 Å². The predicted molar refractivity (Wildman–Crippen MR) is 111 cm³/mol. The second-order valence-corrected chi connectivity index (χ2v) is 7.21. The van der Waals surface area contributed by atoms with E-state index < -0.39 is 0 Å². The molecule has 0 saturated carbocycles. The molecule has 0 spiro atoms. The van der Waals surface area contributed by atoms with Gasteiger partial charge >= 0.3 is 0 Å². The zero-order valence-corrected chi connectivity index (χ0v) is 16.7. The Morgan fingerprint density at radius 2 is 1.82 bits per heavy atom. The summed E-state index contributed by atoms with van der Waals surface area (Å²) in [5, 5.41) is 0. The lowest BCUT2D eigenvalue weighted by Gasteiger charge is -2.08. The van der Waals surface area contributed by atoms with E-state index in [9.17, 15) is 4.79 Å². The summed E-state index contributed by atoms with van der Waals surface area (Å²) in [6.45, 7) is 0.394. The fourth-order valence-electron chi connectivity index (χ4n) is 2.90. The summed E-state index contributed by atoms with van der Waals surface area (Å²) in [6, 6.07) is 20.6. The molecule has 28 heavy (non-hydrogen) atoms. The lowest BCUT2D eigenvalue weighted by molar-refractivity contribution is 0.101. The molecular weight excluding hydrogens is 420 g/mol. The molecule has 0 N–H and O–H groups in total. The Bertz CT molecular complexity index is 1050. The van der Waals surface area contributed by atoms with Crippen LogP contribution in [0.25, 0.3) is 6.08 Å². The Labute approximate surface area is 171 Å². The van der Waals surface area contributed by atoms with Crippen LogP contribution in [-0.2, 0) is 6.61 Å². The first-order valence-electron chi connectivity index (χ1n) is 8.72. The highest BCUT2D eigenvalue weighted by molar-refractivity contribution is 9.10. The third-order valence-electron chi connectivity index (χ3n) is 4.35. The van der Waals surface area contributed by atoms with Crippen molar-refractivity contribution < 1.29 is 19.0 Å². The van der Waals surface area contributed by atoms with E-state index in [0.717, 1.165) is 21.3 Å². The van der Waals surface area contributed by atoms with Crippen LogP contribution in [-0.4, -0.2) is 12.9 Å². The third kappa shape index (κ3) is 3.94. The Balaban J connectivity index is 1.49. The third-order valence-corrected chi connectivity index (χ3v) is 4.88. The fourth-order valence-corrected chi connectivity index (χ4v) is 3.16. The largest absolute Gasteiger partial charge is 0.497 e. The van der Waals surface area contributed by atoms with Gasteiger partial charge in [-0.25, -0.2) is 0 Å². The summed E-state index contributed by atoms with van der Waals surface area (Å²) < 4.78 is 17.8. The molecule has 0 radical (unpaired) electrons. The fraction of sp³-hybridized carbons (Fsp3) is 0.0870. The summed E-state index contributed by atoms with van der Waals surface area (Å²) >= 11 is 3.40. The highest BCUT2D eigenvalue weighted by Gasteiger charge is 2.27. The number of methoxy groups -OCH3 is 1. The van der Waals surface area contributed by atoms with Crippen LogP contribution in [0.1, 0.15) is 21.5 Å². The van der Waals surface area contributed by atoms with Gasteiger partial charge in [0.2, 0.25) is 5.78 Å². The van der Waals surface area contributed by atoms with E-state index in [4.69, 9.17) is 14.2 Å². The Morgan fingerprint density at radius 3 is 2.61 bits per heavy atom. The van der Waals surface area contributed by atoms with Gasteiger partial charge in [-0.05, 0) is 53.6 Å². The van der Waals surface area contributed by atoms with Crippen LogP contribution in [0.3, 0.4) is 0 Å². The number of carbonyl (C=O) groups is 1. The maximum Gasteiger partial charge on any atom is 0.231 e. The number of Topliss-reactive ketones (excluding diaryl/α,β-unsaturated/α-hetero) is 1. The number of carbonyl (C=O) groups excluding carboxylic acids is 1. The smallest absolute Gasteiger partial charge is 0.231 e. The summed E-state index contributed by atoms with van der Waals surface area (Å²) in [5.74, 6) is 2.11. The van der Waals surface area contributed by atoms with Crippen LogP contribution < -0.4 is 14.2 Å². The van der Waals surface area contributed by atoms with Crippen molar-refractivity contribution in [2.45, 2.75) is 6.61 Å². The van der Waals surface area contributed by atoms with Gasteiger partial charge in [0.15, 0.2) is 5.76 Å². The molecule has 3 aromatic rings. The molecule has 0 fully saturated rings. The van der Waals surface area contributed by atoms with Gasteiger partial charge in [0.05, 0.1) is 12.7 Å². The van der Waals surface area contributed by atoms with Crippen molar-refractivity contribution >= 4 is 27.8 Å². The van der Waals surface area contributed by atoms with E-state index in [0.29, 0.717) is 29.4 Å². The van der Waals surface area contributed by atoms with Crippen molar-refractivity contribution in [3.05, 3.63) is 93.7 Å². The molecule has 1 heterocycles. The topological polar surface area (TPSA) is 44.8 Å². The van der Waals surface area contributed by atoms with Crippen LogP contribution in [0.5, 0.6) is 17.2 Å². The number of ether oxygens (including phenoxy) is 3. The summed E-state index contributed by atoms with van der Waals surface area (Å²) in [5.41, 5.74) is 2.43. The maximum atomic E-state index is 12.6. The number of ketones is 1. The highest BCUT2D eigenvalue weighted by Crippen LogP contribution is 2.35. The summed E-state index contributed by atoms with van der Waals surface area (Å²) in [6.07, 6.45) is 1.74. The van der Waals surface area contributed by atoms with Gasteiger partial charge in [0, 0.05) is 10.5 Å². The lowest BCUT2D eigenvalue weighted by atomic mass is 10.1. The van der Waals surface area contributed by atoms with E-state index in [2.05, 4.69) is 15.9 Å². The number of fused-ring (bicyclic) bond motifs is 1. The number of hydrogen-bond donors (Lipinski definition) is 0. The molecule has 1 aliphatic heterocycles. The van der Waals surface area contributed by atoms with Gasteiger partial charge in [-0.2, -0.15) is 0 Å². The van der Waals surface area contributed by atoms with Crippen molar-refractivity contribution in [2.75, 3.05) is 7.11 Å². The summed E-state index contributed by atoms with van der Waals surface area (Å²) in [7, 11) is 1.63. The molecule has 0 amide bonds. The first-order chi connectivity index (χ1) is 13.6. The van der Waals surface area contributed by atoms with Crippen molar-refractivity contribution in [1.29, 1.82) is 0 Å². The lowest BCUT2D eigenvalue weighted by Crippen LogP contribution is -1.98. The first-order valence-corrected chi connectivity index (χ1v) is 9.51. The Kier molecular flexibility index (Phi) is 5.17. The van der Waals surface area contributed by atoms with Gasteiger partial charge in [-0.15, -0.1) is 0 Å². The van der Waals surface area contributed by atoms with Gasteiger partial charge in [-0.1, -0.05) is 40.2 Å². The normalized spacial score (nSPS) is 13.9. The monoisotopic (exact) mass is 436 g/mol. The van der Waals surface area contributed by atoms with E-state index in [1.54, 1.807) is 31.4 Å². The molecule has 0 aromatic heterocycles. The van der Waals surface area contributed by atoms with Gasteiger partial charge < -0.3 is 14.2 Å². The van der Waals surface area contributed by atoms with E-state index in [-0.39, 0.29) is 5.78 Å². The first kappa shape index (κ1) is 18.3. The minimum Gasteiger partial charge on any atom is -0.497 e. The zero-order chi connectivity index (χ0) is 19.5. The average Bonchev–Trinajstić information content (AvgIpc) is 3.03. The predicted octanol–water partition coefficient (Wildman–Crippen LogP) is 5.65. The van der Waals surface area contributed by atoms with Gasteiger partial charge in [0.25, 0.3) is 0 Å². The number of allylic oxidation sites excluding steroid dienone is 1. The molecule has 0 aliphatic carbocycles. The molecular formula is C23H17BrO4. The number of hydrogen-bond acceptors (Lipinski definition) is 4. The maximum absolute atomic E-state index is 12.6. The van der Waals surface area contributed by atoms with Crippen molar-refractivity contribution in [3.63, 3.8) is 0 Å². The van der Waals surface area contributed by atoms with E-state index in [1.165, 1.54) is 0 Å². The molecule has 0 unspecified atom stereocenters. The number of rotatable bonds is 5. The zero-order valence-electron chi connectivity index (χ0n) is 15.1. The molecule has 5 heteroatoms. The van der Waals surface area contributed by atoms with Crippen molar-refractivity contribution in [3.8, 4) is 17.2 Å². The van der Waals surface area contributed by atoms with E-state index >= 15 is 0 Å². The molecule has 0 bridgehead atoms. The molecule has 4 rings (SSSR count). The minimum absolute atomic E-state index is 0.128. The molecule has 0 atom stereocenters. The van der Waals surface area contributed by atoms with Crippen molar-refractivity contribution in [1.82, 2.24) is 0 Å². The quantitative estimate of drug-likeness (QED) is 0.484. The highest BCUT2D eigenvalue weighted by atomic mass is 79.9. The SMILES string of the molecule is COc1cccc(COc2ccc3c(c2)O/C(=C\c2ccc(Br)cc2)C3=O)c1. The molecule has 0 saturated heterocycles. The average molecular weight is 437 g/mol. The summed E-state index contributed by atoms with van der Waals surface area (Å²) in [4.78, 5) is 12.6. The molecule has 1 aliphatic rings. The second kappa shape index (κ2) is 7.90. The van der Waals surface area contributed by atoms with Crippen molar-refractivity contribution in [2.24, 2.45) is 0 Å². The molecule has 3 aromatic carbocycles. The standard InChI is InChI=1S/C23H17BrO4/c1-26-18-4-2-3-16(11-18)14-27-19-9-10-20-21(13-19)28-22(23(20)25)12-15-5-7-17(24)8-6-15/h2-13H,14H2,1H3/b22-12-. The van der Waals surface area contributed by atoms with Gasteiger partial charge in [0.1, 0.15) is 23.9 Å². The molecule has 140 valence electrons. The van der Waals surface area contributed by atoms with E-state index in [1.807, 2.05) is 48.5 Å². The van der Waals surface area contributed by atoms with Crippen LogP contribution >= 0.6 is 15.9 Å². The van der Waals surface area contributed by atoms with Crippen LogP contribution in [0.2, 0.25) is 0 Å². The van der Waals surface area contributed by atoms with Crippen LogP contribution in [0.15, 0.2) is 77.0 Å². The number of benzene rings is 3. The minimum atomic E-state index is -0.128. The Hall–Kier alpha value is -3.05. The van der Waals surface area contributed by atoms with Gasteiger partial charge in [-0.3, -0.25) is 4.79 Å². The van der Waals surface area contributed by atoms with Crippen LogP contribution in [0.4, 0.5) is 0 Å².